The van der Waals surface area contributed by atoms with Crippen LogP contribution in [0.2, 0.25) is 0 Å². The Hall–Kier alpha value is -2.60. The fourth-order valence-corrected chi connectivity index (χ4v) is 2.94. The van der Waals surface area contributed by atoms with Crippen molar-refractivity contribution in [3.05, 3.63) is 70.3 Å². The molecule has 24 heavy (non-hydrogen) atoms. The lowest BCUT2D eigenvalue weighted by molar-refractivity contribution is -0.119. The minimum Gasteiger partial charge on any atom is -0.320 e. The van der Waals surface area contributed by atoms with Crippen molar-refractivity contribution in [1.29, 1.82) is 0 Å². The van der Waals surface area contributed by atoms with E-state index in [2.05, 4.69) is 26.7 Å². The van der Waals surface area contributed by atoms with Crippen LogP contribution in [0.5, 0.6) is 0 Å². The fourth-order valence-electron chi connectivity index (χ4n) is 2.35. The molecule has 0 radical (unpaired) electrons. The number of nitrogens with zero attached hydrogens (tertiary/aromatic N) is 1. The SMILES string of the molecule is Cc1ccc(NC(=O)C2=CCC(=O)N(c3ccccc3)N2)c(Br)c1. The van der Waals surface area contributed by atoms with Crippen molar-refractivity contribution >= 4 is 39.1 Å². The summed E-state index contributed by atoms with van der Waals surface area (Å²) in [7, 11) is 0. The fraction of sp³-hybridized carbons (Fsp3) is 0.111. The van der Waals surface area contributed by atoms with Gasteiger partial charge >= 0.3 is 0 Å². The maximum absolute atomic E-state index is 12.5. The maximum atomic E-state index is 12.5. The van der Waals surface area contributed by atoms with E-state index in [-0.39, 0.29) is 18.2 Å². The van der Waals surface area contributed by atoms with Gasteiger partial charge in [0, 0.05) is 10.9 Å². The summed E-state index contributed by atoms with van der Waals surface area (Å²) in [5.74, 6) is -0.415. The number of carbonyl (C=O) groups is 2. The molecule has 2 N–H and O–H groups in total. The number of amides is 2. The molecular formula is C18H16BrN3O2. The van der Waals surface area contributed by atoms with Crippen molar-refractivity contribution in [1.82, 2.24) is 5.43 Å². The Balaban J connectivity index is 1.77. The zero-order valence-corrected chi connectivity index (χ0v) is 14.6. The number of rotatable bonds is 3. The molecule has 2 aromatic rings. The third-order valence-corrected chi connectivity index (χ3v) is 4.25. The van der Waals surface area contributed by atoms with Crippen LogP contribution < -0.4 is 15.8 Å². The summed E-state index contributed by atoms with van der Waals surface area (Å²) >= 11 is 3.44. The molecule has 2 amide bonds. The van der Waals surface area contributed by atoms with Gasteiger partial charge in [-0.15, -0.1) is 0 Å². The largest absolute Gasteiger partial charge is 0.320 e. The van der Waals surface area contributed by atoms with Gasteiger partial charge in [-0.3, -0.25) is 15.0 Å². The van der Waals surface area contributed by atoms with Crippen LogP contribution in [0.25, 0.3) is 0 Å². The van der Waals surface area contributed by atoms with Crippen LogP contribution in [0.4, 0.5) is 11.4 Å². The molecule has 6 heteroatoms. The Morgan fingerprint density at radius 1 is 1.21 bits per heavy atom. The second-order valence-electron chi connectivity index (χ2n) is 5.44. The van der Waals surface area contributed by atoms with Crippen LogP contribution in [0.3, 0.4) is 0 Å². The van der Waals surface area contributed by atoms with Crippen LogP contribution in [0, 0.1) is 6.92 Å². The van der Waals surface area contributed by atoms with Gasteiger partial charge in [-0.1, -0.05) is 24.3 Å². The molecule has 1 heterocycles. The summed E-state index contributed by atoms with van der Waals surface area (Å²) in [4.78, 5) is 24.6. The Morgan fingerprint density at radius 2 is 1.96 bits per heavy atom. The maximum Gasteiger partial charge on any atom is 0.273 e. The predicted molar refractivity (Wildman–Crippen MR) is 97.3 cm³/mol. The van der Waals surface area contributed by atoms with Crippen LogP contribution >= 0.6 is 15.9 Å². The molecule has 2 aromatic carbocycles. The minimum atomic E-state index is -0.298. The normalized spacial score (nSPS) is 14.0. The number of aryl methyl sites for hydroxylation is 1. The molecule has 5 nitrogen and oxygen atoms in total. The Morgan fingerprint density at radius 3 is 2.67 bits per heavy atom. The topological polar surface area (TPSA) is 61.4 Å². The molecular weight excluding hydrogens is 370 g/mol. The smallest absolute Gasteiger partial charge is 0.273 e. The number of anilines is 2. The number of para-hydroxylation sites is 1. The zero-order valence-electron chi connectivity index (χ0n) is 13.0. The lowest BCUT2D eigenvalue weighted by atomic mass is 10.2. The molecule has 1 aliphatic heterocycles. The first-order valence-electron chi connectivity index (χ1n) is 7.47. The standard InChI is InChI=1S/C18H16BrN3O2/c1-12-7-8-15(14(19)11-12)20-18(24)16-9-10-17(23)22(21-16)13-5-3-2-4-6-13/h2-9,11,21H,10H2,1H3,(H,20,24). The van der Waals surface area contributed by atoms with E-state index in [1.54, 1.807) is 6.08 Å². The summed E-state index contributed by atoms with van der Waals surface area (Å²) in [5, 5.41) is 4.23. The van der Waals surface area contributed by atoms with E-state index in [9.17, 15) is 9.59 Å². The number of halogens is 1. The highest BCUT2D eigenvalue weighted by molar-refractivity contribution is 9.10. The highest BCUT2D eigenvalue weighted by Gasteiger charge is 2.24. The average molecular weight is 386 g/mol. The Kier molecular flexibility index (Phi) is 4.66. The second-order valence-corrected chi connectivity index (χ2v) is 6.29. The van der Waals surface area contributed by atoms with E-state index in [0.29, 0.717) is 17.1 Å². The molecule has 3 rings (SSSR count). The van der Waals surface area contributed by atoms with Gasteiger partial charge in [0.1, 0.15) is 5.70 Å². The van der Waals surface area contributed by atoms with E-state index >= 15 is 0 Å². The average Bonchev–Trinajstić information content (AvgIpc) is 2.58. The predicted octanol–water partition coefficient (Wildman–Crippen LogP) is 3.52. The molecule has 0 saturated heterocycles. The zero-order chi connectivity index (χ0) is 17.1. The number of hydrazine groups is 1. The third kappa shape index (κ3) is 3.49. The minimum absolute atomic E-state index is 0.116. The van der Waals surface area contributed by atoms with Crippen molar-refractivity contribution < 1.29 is 9.59 Å². The first-order valence-corrected chi connectivity index (χ1v) is 8.26. The van der Waals surface area contributed by atoms with Crippen LogP contribution in [-0.4, -0.2) is 11.8 Å². The summed E-state index contributed by atoms with van der Waals surface area (Å²) in [6, 6.07) is 14.8. The van der Waals surface area contributed by atoms with Crippen molar-refractivity contribution in [3.8, 4) is 0 Å². The van der Waals surface area contributed by atoms with Crippen molar-refractivity contribution in [2.75, 3.05) is 10.3 Å². The highest BCUT2D eigenvalue weighted by atomic mass is 79.9. The summed E-state index contributed by atoms with van der Waals surface area (Å²) in [6.45, 7) is 1.98. The van der Waals surface area contributed by atoms with E-state index in [4.69, 9.17) is 0 Å². The second kappa shape index (κ2) is 6.88. The first kappa shape index (κ1) is 16.3. The molecule has 0 saturated carbocycles. The van der Waals surface area contributed by atoms with E-state index in [1.165, 1.54) is 5.01 Å². The number of hydrogen-bond donors (Lipinski definition) is 2. The highest BCUT2D eigenvalue weighted by Crippen LogP contribution is 2.24. The molecule has 0 spiro atoms. The van der Waals surface area contributed by atoms with Crippen LogP contribution in [0.1, 0.15) is 12.0 Å². The monoisotopic (exact) mass is 385 g/mol. The lowest BCUT2D eigenvalue weighted by Crippen LogP contribution is -2.47. The van der Waals surface area contributed by atoms with Crippen molar-refractivity contribution in [2.45, 2.75) is 13.3 Å². The van der Waals surface area contributed by atoms with Gasteiger partial charge in [0.15, 0.2) is 0 Å². The number of benzene rings is 2. The van der Waals surface area contributed by atoms with Gasteiger partial charge < -0.3 is 5.32 Å². The molecule has 0 unspecified atom stereocenters. The third-order valence-electron chi connectivity index (χ3n) is 3.59. The van der Waals surface area contributed by atoms with Gasteiger partial charge in [0.2, 0.25) is 5.91 Å². The van der Waals surface area contributed by atoms with E-state index in [1.807, 2.05) is 55.5 Å². The van der Waals surface area contributed by atoms with Crippen molar-refractivity contribution in [3.63, 3.8) is 0 Å². The van der Waals surface area contributed by atoms with Gasteiger partial charge in [-0.05, 0) is 58.8 Å². The quantitative estimate of drug-likeness (QED) is 0.849. The number of hydrogen-bond acceptors (Lipinski definition) is 3. The van der Waals surface area contributed by atoms with E-state index in [0.717, 1.165) is 10.0 Å². The molecule has 1 aliphatic rings. The summed E-state index contributed by atoms with van der Waals surface area (Å²) in [5.41, 5.74) is 5.69. The lowest BCUT2D eigenvalue weighted by Gasteiger charge is -2.28. The molecule has 0 fully saturated rings. The molecule has 122 valence electrons. The van der Waals surface area contributed by atoms with Gasteiger partial charge in [0.05, 0.1) is 11.4 Å². The number of nitrogens with one attached hydrogen (secondary N) is 2. The Bertz CT molecular complexity index is 818. The molecule has 0 bridgehead atoms. The van der Waals surface area contributed by atoms with Crippen molar-refractivity contribution in [2.24, 2.45) is 0 Å². The number of carbonyl (C=O) groups excluding carboxylic acids is 2. The Labute approximate surface area is 148 Å². The van der Waals surface area contributed by atoms with E-state index < -0.39 is 0 Å². The molecule has 0 atom stereocenters. The van der Waals surface area contributed by atoms with Gasteiger partial charge in [-0.25, -0.2) is 5.01 Å². The van der Waals surface area contributed by atoms with Crippen LogP contribution in [-0.2, 0) is 9.59 Å². The first-order chi connectivity index (χ1) is 11.5. The van der Waals surface area contributed by atoms with Gasteiger partial charge in [0.25, 0.3) is 5.91 Å². The van der Waals surface area contributed by atoms with Crippen LogP contribution in [0.15, 0.2) is 64.8 Å². The van der Waals surface area contributed by atoms with Gasteiger partial charge in [-0.2, -0.15) is 0 Å². The molecule has 0 aliphatic carbocycles. The molecule has 0 aromatic heterocycles. The summed E-state index contributed by atoms with van der Waals surface area (Å²) in [6.07, 6.45) is 1.76. The summed E-state index contributed by atoms with van der Waals surface area (Å²) < 4.78 is 0.809.